The minimum absolute atomic E-state index is 0.551. The van der Waals surface area contributed by atoms with E-state index in [1.807, 2.05) is 26.0 Å². The second-order valence-corrected chi connectivity index (χ2v) is 2.94. The van der Waals surface area contributed by atoms with Gasteiger partial charge < -0.3 is 0 Å². The number of nitriles is 1. The van der Waals surface area contributed by atoms with E-state index in [9.17, 15) is 0 Å². The Hall–Kier alpha value is -1.36. The number of aromatic nitrogens is 1. The maximum absolute atomic E-state index is 8.39. The molecule has 0 radical (unpaired) electrons. The van der Waals surface area contributed by atoms with Crippen molar-refractivity contribution in [3.8, 4) is 6.07 Å². The van der Waals surface area contributed by atoms with E-state index >= 15 is 0 Å². The second-order valence-electron chi connectivity index (χ2n) is 2.94. The van der Waals surface area contributed by atoms with Crippen molar-refractivity contribution in [2.75, 3.05) is 0 Å². The van der Waals surface area contributed by atoms with Gasteiger partial charge in [-0.25, -0.2) is 0 Å². The fourth-order valence-corrected chi connectivity index (χ4v) is 1.24. The van der Waals surface area contributed by atoms with Crippen LogP contribution >= 0.6 is 0 Å². The molecular weight excluding hydrogens is 148 g/mol. The molecule has 0 amide bonds. The van der Waals surface area contributed by atoms with Crippen LogP contribution in [0.25, 0.3) is 0 Å². The first-order valence-corrected chi connectivity index (χ1v) is 4.03. The summed E-state index contributed by atoms with van der Waals surface area (Å²) in [5.74, 6) is 0. The highest BCUT2D eigenvalue weighted by atomic mass is 14.7. The van der Waals surface area contributed by atoms with Crippen molar-refractivity contribution in [3.05, 3.63) is 29.1 Å². The molecule has 0 saturated heterocycles. The normalized spacial score (nSPS) is 9.42. The molecule has 1 aromatic rings. The van der Waals surface area contributed by atoms with Gasteiger partial charge in [-0.1, -0.05) is 0 Å². The highest BCUT2D eigenvalue weighted by molar-refractivity contribution is 5.19. The van der Waals surface area contributed by atoms with Crippen LogP contribution in [0.3, 0.4) is 0 Å². The van der Waals surface area contributed by atoms with Crippen LogP contribution < -0.4 is 0 Å². The lowest BCUT2D eigenvalue weighted by molar-refractivity contribution is 0.931. The molecule has 0 atom stereocenters. The maximum Gasteiger partial charge on any atom is 0.0625 e. The van der Waals surface area contributed by atoms with Crippen molar-refractivity contribution in [2.24, 2.45) is 0 Å². The molecule has 0 bridgehead atoms. The van der Waals surface area contributed by atoms with Gasteiger partial charge >= 0.3 is 0 Å². The summed E-state index contributed by atoms with van der Waals surface area (Å²) < 4.78 is 0. The zero-order valence-electron chi connectivity index (χ0n) is 7.46. The fourth-order valence-electron chi connectivity index (χ4n) is 1.24. The Labute approximate surface area is 72.9 Å². The molecule has 0 unspecified atom stereocenters. The Morgan fingerprint density at radius 1 is 1.42 bits per heavy atom. The predicted octanol–water partition coefficient (Wildman–Crippen LogP) is 2.15. The molecule has 0 saturated carbocycles. The molecule has 0 aliphatic carbocycles. The van der Waals surface area contributed by atoms with Gasteiger partial charge in [-0.3, -0.25) is 4.98 Å². The third kappa shape index (κ3) is 2.35. The Balaban J connectivity index is 2.80. The van der Waals surface area contributed by atoms with Crippen LogP contribution in [0.15, 0.2) is 12.1 Å². The van der Waals surface area contributed by atoms with E-state index in [1.54, 1.807) is 0 Å². The average Bonchev–Trinajstić information content (AvgIpc) is 1.99. The molecule has 0 fully saturated rings. The molecule has 2 heteroatoms. The molecule has 0 aromatic carbocycles. The van der Waals surface area contributed by atoms with Gasteiger partial charge in [-0.2, -0.15) is 5.26 Å². The lowest BCUT2D eigenvalue weighted by atomic mass is 10.1. The molecule has 1 rings (SSSR count). The van der Waals surface area contributed by atoms with Gasteiger partial charge in [0.05, 0.1) is 6.07 Å². The van der Waals surface area contributed by atoms with Crippen LogP contribution in [0.1, 0.15) is 23.4 Å². The Morgan fingerprint density at radius 3 is 2.75 bits per heavy atom. The number of rotatable bonds is 2. The van der Waals surface area contributed by atoms with Crippen LogP contribution in [-0.4, -0.2) is 4.98 Å². The summed E-state index contributed by atoms with van der Waals surface area (Å²) in [5, 5.41) is 8.39. The SMILES string of the molecule is Cc1cc(C)nc(CCC#N)c1. The number of aryl methyl sites for hydroxylation is 3. The fraction of sp³-hybridized carbons (Fsp3) is 0.400. The van der Waals surface area contributed by atoms with Gasteiger partial charge in [-0.05, 0) is 31.5 Å². The van der Waals surface area contributed by atoms with Crippen molar-refractivity contribution in [1.29, 1.82) is 5.26 Å². The summed E-state index contributed by atoms with van der Waals surface area (Å²) in [4.78, 5) is 4.32. The monoisotopic (exact) mass is 160 g/mol. The molecule has 12 heavy (non-hydrogen) atoms. The van der Waals surface area contributed by atoms with Crippen molar-refractivity contribution >= 4 is 0 Å². The minimum Gasteiger partial charge on any atom is -0.258 e. The largest absolute Gasteiger partial charge is 0.258 e. The van der Waals surface area contributed by atoms with Crippen molar-refractivity contribution in [3.63, 3.8) is 0 Å². The smallest absolute Gasteiger partial charge is 0.0625 e. The van der Waals surface area contributed by atoms with Crippen LogP contribution in [0.2, 0.25) is 0 Å². The number of hydrogen-bond donors (Lipinski definition) is 0. The van der Waals surface area contributed by atoms with E-state index in [1.165, 1.54) is 5.56 Å². The zero-order chi connectivity index (χ0) is 8.97. The summed E-state index contributed by atoms with van der Waals surface area (Å²) in [7, 11) is 0. The first-order valence-electron chi connectivity index (χ1n) is 4.03. The third-order valence-electron chi connectivity index (χ3n) is 1.64. The van der Waals surface area contributed by atoms with E-state index in [4.69, 9.17) is 5.26 Å². The molecule has 0 N–H and O–H groups in total. The number of pyridine rings is 1. The van der Waals surface area contributed by atoms with Gasteiger partial charge in [0.15, 0.2) is 0 Å². The molecular formula is C10H12N2. The summed E-state index contributed by atoms with van der Waals surface area (Å²) in [6.07, 6.45) is 1.31. The minimum atomic E-state index is 0.551. The van der Waals surface area contributed by atoms with Crippen molar-refractivity contribution in [2.45, 2.75) is 26.7 Å². The third-order valence-corrected chi connectivity index (χ3v) is 1.64. The predicted molar refractivity (Wildman–Crippen MR) is 47.6 cm³/mol. The van der Waals surface area contributed by atoms with Gasteiger partial charge in [0, 0.05) is 24.2 Å². The van der Waals surface area contributed by atoms with E-state index < -0.39 is 0 Å². The van der Waals surface area contributed by atoms with Gasteiger partial charge in [0.1, 0.15) is 0 Å². The summed E-state index contributed by atoms with van der Waals surface area (Å²) in [5.41, 5.74) is 3.27. The number of nitrogens with zero attached hydrogens (tertiary/aromatic N) is 2. The Morgan fingerprint density at radius 2 is 2.17 bits per heavy atom. The van der Waals surface area contributed by atoms with Crippen molar-refractivity contribution in [1.82, 2.24) is 4.98 Å². The Kier molecular flexibility index (Phi) is 2.82. The molecule has 0 aliphatic heterocycles. The summed E-state index contributed by atoms with van der Waals surface area (Å²) in [6, 6.07) is 6.18. The van der Waals surface area contributed by atoms with E-state index in [2.05, 4.69) is 11.1 Å². The molecule has 0 spiro atoms. The highest BCUT2D eigenvalue weighted by Gasteiger charge is 1.96. The maximum atomic E-state index is 8.39. The van der Waals surface area contributed by atoms with Gasteiger partial charge in [0.25, 0.3) is 0 Å². The lowest BCUT2D eigenvalue weighted by Gasteiger charge is -2.00. The highest BCUT2D eigenvalue weighted by Crippen LogP contribution is 2.05. The topological polar surface area (TPSA) is 36.7 Å². The van der Waals surface area contributed by atoms with Crippen LogP contribution in [0.4, 0.5) is 0 Å². The molecule has 62 valence electrons. The first-order chi connectivity index (χ1) is 5.72. The quantitative estimate of drug-likeness (QED) is 0.664. The molecule has 0 aliphatic rings. The summed E-state index contributed by atoms with van der Waals surface area (Å²) in [6.45, 7) is 4.02. The van der Waals surface area contributed by atoms with Gasteiger partial charge in [-0.15, -0.1) is 0 Å². The standard InChI is InChI=1S/C10H12N2/c1-8-6-9(2)12-10(7-8)4-3-5-11/h6-7H,3-4H2,1-2H3. The Bertz CT molecular complexity index is 290. The van der Waals surface area contributed by atoms with E-state index in [0.717, 1.165) is 17.8 Å². The van der Waals surface area contributed by atoms with E-state index in [0.29, 0.717) is 6.42 Å². The first kappa shape index (κ1) is 8.73. The van der Waals surface area contributed by atoms with Crippen LogP contribution in [0, 0.1) is 25.2 Å². The molecule has 1 aromatic heterocycles. The van der Waals surface area contributed by atoms with Crippen LogP contribution in [-0.2, 0) is 6.42 Å². The van der Waals surface area contributed by atoms with Gasteiger partial charge in [0.2, 0.25) is 0 Å². The van der Waals surface area contributed by atoms with Crippen LogP contribution in [0.5, 0.6) is 0 Å². The number of hydrogen-bond acceptors (Lipinski definition) is 2. The zero-order valence-corrected chi connectivity index (χ0v) is 7.46. The average molecular weight is 160 g/mol. The lowest BCUT2D eigenvalue weighted by Crippen LogP contribution is -1.92. The molecule has 2 nitrogen and oxygen atoms in total. The van der Waals surface area contributed by atoms with E-state index in [-0.39, 0.29) is 0 Å². The second kappa shape index (κ2) is 3.87. The van der Waals surface area contributed by atoms with Crippen molar-refractivity contribution < 1.29 is 0 Å². The molecule has 1 heterocycles. The summed E-state index contributed by atoms with van der Waals surface area (Å²) >= 11 is 0.